The van der Waals surface area contributed by atoms with Crippen molar-refractivity contribution in [3.63, 3.8) is 0 Å². The molecular formula is C15H18N5O3+. The summed E-state index contributed by atoms with van der Waals surface area (Å²) in [6.07, 6.45) is 1.68. The highest BCUT2D eigenvalue weighted by atomic mass is 16.2. The number of rotatable bonds is 5. The number of hydrogen-bond donors (Lipinski definition) is 4. The number of aromatic nitrogens is 2. The number of nitrogens with one attached hydrogen (secondary N) is 3. The zero-order chi connectivity index (χ0) is 16.8. The second kappa shape index (κ2) is 7.32. The van der Waals surface area contributed by atoms with Crippen LogP contribution in [-0.4, -0.2) is 28.1 Å². The standard InChI is InChI=1S/C15H17N5O3/c1-9-11(13(21)19-15(23)18-9)8-17-20-14(22)12(16)7-10-5-3-2-4-6-10/h2-6,8,12H,7,16H2,1H3,(H,20,22)(H2,18,19,21,23)/p+1. The van der Waals surface area contributed by atoms with Crippen LogP contribution in [0.3, 0.4) is 0 Å². The minimum Gasteiger partial charge on any atom is -0.347 e. The summed E-state index contributed by atoms with van der Waals surface area (Å²) in [6, 6.07) is 9.00. The third-order valence-electron chi connectivity index (χ3n) is 3.24. The maximum Gasteiger partial charge on any atom is 0.325 e. The molecule has 0 fully saturated rings. The Kier molecular flexibility index (Phi) is 5.21. The van der Waals surface area contributed by atoms with Crippen LogP contribution in [0, 0.1) is 6.92 Å². The van der Waals surface area contributed by atoms with Crippen LogP contribution in [0.2, 0.25) is 0 Å². The molecule has 8 nitrogen and oxygen atoms in total. The van der Waals surface area contributed by atoms with E-state index >= 15 is 0 Å². The van der Waals surface area contributed by atoms with E-state index in [1.807, 2.05) is 30.3 Å². The zero-order valence-corrected chi connectivity index (χ0v) is 12.6. The van der Waals surface area contributed by atoms with Gasteiger partial charge in [0.15, 0.2) is 6.04 Å². The number of hydrogen-bond acceptors (Lipinski definition) is 4. The first-order valence-electron chi connectivity index (χ1n) is 7.00. The van der Waals surface area contributed by atoms with Crippen LogP contribution in [0.15, 0.2) is 45.0 Å². The lowest BCUT2D eigenvalue weighted by atomic mass is 10.1. The molecule has 0 saturated carbocycles. The van der Waals surface area contributed by atoms with Gasteiger partial charge in [0.1, 0.15) is 0 Å². The van der Waals surface area contributed by atoms with Gasteiger partial charge in [0.05, 0.1) is 11.8 Å². The van der Waals surface area contributed by atoms with Crippen LogP contribution < -0.4 is 22.4 Å². The highest BCUT2D eigenvalue weighted by Crippen LogP contribution is 2.00. The quantitative estimate of drug-likeness (QED) is 0.402. The maximum atomic E-state index is 11.9. The number of carbonyl (C=O) groups excluding carboxylic acids is 1. The average Bonchev–Trinajstić information content (AvgIpc) is 2.50. The third kappa shape index (κ3) is 4.48. The van der Waals surface area contributed by atoms with Crippen molar-refractivity contribution in [1.29, 1.82) is 0 Å². The topological polar surface area (TPSA) is 135 Å². The molecule has 23 heavy (non-hydrogen) atoms. The van der Waals surface area contributed by atoms with Gasteiger partial charge in [-0.3, -0.25) is 14.6 Å². The average molecular weight is 316 g/mol. The van der Waals surface area contributed by atoms with Gasteiger partial charge in [-0.25, -0.2) is 10.2 Å². The summed E-state index contributed by atoms with van der Waals surface area (Å²) in [5.74, 6) is -0.358. The van der Waals surface area contributed by atoms with Crippen LogP contribution in [0.4, 0.5) is 0 Å². The molecule has 1 atom stereocenters. The molecule has 2 rings (SSSR count). The van der Waals surface area contributed by atoms with Crippen molar-refractivity contribution in [2.45, 2.75) is 19.4 Å². The Morgan fingerprint density at radius 3 is 2.65 bits per heavy atom. The minimum atomic E-state index is -0.589. The van der Waals surface area contributed by atoms with E-state index in [1.54, 1.807) is 6.92 Å². The first-order valence-corrected chi connectivity index (χ1v) is 7.00. The molecule has 6 N–H and O–H groups in total. The number of amides is 1. The SMILES string of the molecule is Cc1[nH]c(=O)[nH]c(=O)c1C=NNC(=O)C([NH3+])Cc1ccccc1. The number of aryl methyl sites for hydroxylation is 1. The van der Waals surface area contributed by atoms with Crippen molar-refractivity contribution in [2.75, 3.05) is 0 Å². The zero-order valence-electron chi connectivity index (χ0n) is 12.6. The molecule has 1 aromatic heterocycles. The Morgan fingerprint density at radius 2 is 2.00 bits per heavy atom. The summed E-state index contributed by atoms with van der Waals surface area (Å²) < 4.78 is 0. The molecule has 1 aromatic carbocycles. The molecule has 120 valence electrons. The highest BCUT2D eigenvalue weighted by molar-refractivity contribution is 5.84. The molecule has 2 aromatic rings. The molecule has 1 heterocycles. The number of nitrogens with zero attached hydrogens (tertiary/aromatic N) is 1. The molecule has 0 saturated heterocycles. The molecule has 0 spiro atoms. The second-order valence-electron chi connectivity index (χ2n) is 5.07. The van der Waals surface area contributed by atoms with Crippen LogP contribution >= 0.6 is 0 Å². The number of carbonyl (C=O) groups is 1. The summed E-state index contributed by atoms with van der Waals surface area (Å²) >= 11 is 0. The van der Waals surface area contributed by atoms with Crippen LogP contribution in [0.1, 0.15) is 16.8 Å². The molecule has 1 unspecified atom stereocenters. The van der Waals surface area contributed by atoms with Crippen molar-refractivity contribution < 1.29 is 10.5 Å². The lowest BCUT2D eigenvalue weighted by Crippen LogP contribution is -2.68. The van der Waals surface area contributed by atoms with E-state index in [-0.39, 0.29) is 11.5 Å². The van der Waals surface area contributed by atoms with Gasteiger partial charge in [-0.15, -0.1) is 0 Å². The molecule has 0 aliphatic carbocycles. The minimum absolute atomic E-state index is 0.175. The predicted molar refractivity (Wildman–Crippen MR) is 85.0 cm³/mol. The fraction of sp³-hybridized carbons (Fsp3) is 0.200. The van der Waals surface area contributed by atoms with Gasteiger partial charge in [0.25, 0.3) is 11.5 Å². The second-order valence-corrected chi connectivity index (χ2v) is 5.07. The van der Waals surface area contributed by atoms with E-state index in [9.17, 15) is 14.4 Å². The van der Waals surface area contributed by atoms with Crippen molar-refractivity contribution in [3.05, 3.63) is 68.0 Å². The Labute approximate surface area is 131 Å². The van der Waals surface area contributed by atoms with Crippen LogP contribution in [0.5, 0.6) is 0 Å². The fourth-order valence-electron chi connectivity index (χ4n) is 2.01. The number of H-pyrrole nitrogens is 2. The lowest BCUT2D eigenvalue weighted by molar-refractivity contribution is -0.403. The smallest absolute Gasteiger partial charge is 0.325 e. The van der Waals surface area contributed by atoms with Crippen molar-refractivity contribution >= 4 is 12.1 Å². The van der Waals surface area contributed by atoms with E-state index in [0.717, 1.165) is 5.56 Å². The normalized spacial score (nSPS) is 12.3. The summed E-state index contributed by atoms with van der Waals surface area (Å²) in [7, 11) is 0. The van der Waals surface area contributed by atoms with Crippen molar-refractivity contribution in [3.8, 4) is 0 Å². The summed E-state index contributed by atoms with van der Waals surface area (Å²) in [5.41, 5.74) is 6.53. The molecule has 0 aliphatic heterocycles. The lowest BCUT2D eigenvalue weighted by Gasteiger charge is -2.06. The van der Waals surface area contributed by atoms with Crippen LogP contribution in [-0.2, 0) is 11.2 Å². The number of aromatic amines is 2. The highest BCUT2D eigenvalue weighted by Gasteiger charge is 2.17. The molecule has 0 radical (unpaired) electrons. The fourth-order valence-corrected chi connectivity index (χ4v) is 2.01. The number of quaternary nitrogens is 1. The van der Waals surface area contributed by atoms with E-state index in [1.165, 1.54) is 6.21 Å². The molecular weight excluding hydrogens is 298 g/mol. The van der Waals surface area contributed by atoms with Crippen LogP contribution in [0.25, 0.3) is 0 Å². The van der Waals surface area contributed by atoms with Gasteiger partial charge in [-0.1, -0.05) is 30.3 Å². The number of hydrazone groups is 1. The van der Waals surface area contributed by atoms with Gasteiger partial charge in [-0.2, -0.15) is 5.10 Å². The van der Waals surface area contributed by atoms with Gasteiger partial charge in [-0.05, 0) is 12.5 Å². The molecule has 0 aliphatic rings. The monoisotopic (exact) mass is 316 g/mol. The van der Waals surface area contributed by atoms with Gasteiger partial charge >= 0.3 is 5.69 Å². The van der Waals surface area contributed by atoms with Crippen molar-refractivity contribution in [2.24, 2.45) is 5.10 Å². The Hall–Kier alpha value is -3.00. The Morgan fingerprint density at radius 1 is 1.30 bits per heavy atom. The van der Waals surface area contributed by atoms with E-state index in [2.05, 4.69) is 26.2 Å². The predicted octanol–water partition coefficient (Wildman–Crippen LogP) is -1.33. The molecule has 1 amide bonds. The van der Waals surface area contributed by atoms with Crippen molar-refractivity contribution in [1.82, 2.24) is 15.4 Å². The Balaban J connectivity index is 1.99. The Bertz CT molecular complexity index is 823. The van der Waals surface area contributed by atoms with E-state index in [4.69, 9.17) is 0 Å². The maximum absolute atomic E-state index is 11.9. The first-order chi connectivity index (χ1) is 11.0. The number of benzene rings is 1. The van der Waals surface area contributed by atoms with Gasteiger partial charge < -0.3 is 10.7 Å². The summed E-state index contributed by atoms with van der Waals surface area (Å²) in [6.45, 7) is 1.57. The molecule has 0 bridgehead atoms. The molecule has 8 heteroatoms. The van der Waals surface area contributed by atoms with Gasteiger partial charge in [0.2, 0.25) is 0 Å². The largest absolute Gasteiger partial charge is 0.347 e. The summed E-state index contributed by atoms with van der Waals surface area (Å²) in [4.78, 5) is 39.2. The van der Waals surface area contributed by atoms with E-state index < -0.39 is 17.3 Å². The summed E-state index contributed by atoms with van der Waals surface area (Å²) in [5, 5.41) is 3.75. The van der Waals surface area contributed by atoms with Gasteiger partial charge in [0, 0.05) is 12.1 Å². The third-order valence-corrected chi connectivity index (χ3v) is 3.24. The first kappa shape index (κ1) is 16.4. The van der Waals surface area contributed by atoms with E-state index in [0.29, 0.717) is 12.1 Å².